The number of methoxy groups -OCH3 is 1. The van der Waals surface area contributed by atoms with Crippen molar-refractivity contribution in [2.45, 2.75) is 6.92 Å². The molecule has 27 heavy (non-hydrogen) atoms. The van der Waals surface area contributed by atoms with E-state index in [0.29, 0.717) is 17.0 Å². The lowest BCUT2D eigenvalue weighted by atomic mass is 10.1. The molecule has 0 radical (unpaired) electrons. The smallest absolute Gasteiger partial charge is 0.278 e. The van der Waals surface area contributed by atoms with E-state index in [1.54, 1.807) is 18.5 Å². The van der Waals surface area contributed by atoms with Crippen LogP contribution in [0.5, 0.6) is 5.75 Å². The number of para-hydroxylation sites is 1. The number of carbonyl (C=O) groups excluding carboxylic acids is 1. The zero-order chi connectivity index (χ0) is 18.8. The summed E-state index contributed by atoms with van der Waals surface area (Å²) in [5, 5.41) is 15.6. The number of aromatic nitrogens is 4. The fourth-order valence-corrected chi connectivity index (χ4v) is 2.79. The number of nitrogens with one attached hydrogen (secondary N) is 1. The number of nitrogens with zero attached hydrogens (tertiary/aromatic N) is 4. The van der Waals surface area contributed by atoms with Crippen LogP contribution in [-0.2, 0) is 0 Å². The number of benzene rings is 2. The van der Waals surface area contributed by atoms with Crippen molar-refractivity contribution in [2.75, 3.05) is 12.4 Å². The Morgan fingerprint density at radius 1 is 1.04 bits per heavy atom. The molecule has 2 heterocycles. The maximum Gasteiger partial charge on any atom is 0.278 e. The van der Waals surface area contributed by atoms with Gasteiger partial charge in [0.05, 0.1) is 18.5 Å². The van der Waals surface area contributed by atoms with E-state index in [9.17, 15) is 4.79 Å². The van der Waals surface area contributed by atoms with Crippen LogP contribution in [0, 0.1) is 6.92 Å². The summed E-state index contributed by atoms with van der Waals surface area (Å²) < 4.78 is 6.81. The van der Waals surface area contributed by atoms with Gasteiger partial charge in [0.2, 0.25) is 0 Å². The zero-order valence-electron chi connectivity index (χ0n) is 14.9. The predicted molar refractivity (Wildman–Crippen MR) is 102 cm³/mol. The molecule has 7 nitrogen and oxygen atoms in total. The Morgan fingerprint density at radius 3 is 2.48 bits per heavy atom. The molecule has 0 aliphatic heterocycles. The van der Waals surface area contributed by atoms with Crippen molar-refractivity contribution in [2.24, 2.45) is 0 Å². The summed E-state index contributed by atoms with van der Waals surface area (Å²) in [5.41, 5.74) is 3.80. The van der Waals surface area contributed by atoms with Crippen LogP contribution in [0.3, 0.4) is 0 Å². The van der Waals surface area contributed by atoms with Crippen molar-refractivity contribution in [1.82, 2.24) is 19.8 Å². The summed E-state index contributed by atoms with van der Waals surface area (Å²) in [5.74, 6) is 0.452. The molecule has 0 saturated carbocycles. The standard InChI is InChI=1S/C20H17N5O2/c1-13-19(20(26)21-15-6-4-3-5-7-15)23-22-18-12-17(24-25(13)18)14-8-10-16(27-2)11-9-14/h3-12H,1-2H3,(H,21,26). The molecular weight excluding hydrogens is 342 g/mol. The molecule has 0 aliphatic carbocycles. The Bertz CT molecular complexity index is 1100. The number of aryl methyl sites for hydroxylation is 1. The topological polar surface area (TPSA) is 81.4 Å². The first-order chi connectivity index (χ1) is 13.2. The summed E-state index contributed by atoms with van der Waals surface area (Å²) in [4.78, 5) is 12.6. The second-order valence-corrected chi connectivity index (χ2v) is 5.98. The van der Waals surface area contributed by atoms with Crippen LogP contribution in [0.4, 0.5) is 5.69 Å². The second-order valence-electron chi connectivity index (χ2n) is 5.98. The van der Waals surface area contributed by atoms with E-state index in [0.717, 1.165) is 17.0 Å². The molecule has 0 unspecified atom stereocenters. The van der Waals surface area contributed by atoms with Crippen LogP contribution in [-0.4, -0.2) is 32.8 Å². The van der Waals surface area contributed by atoms with Gasteiger partial charge in [-0.3, -0.25) is 4.79 Å². The van der Waals surface area contributed by atoms with E-state index in [2.05, 4.69) is 20.6 Å². The first kappa shape index (κ1) is 16.7. The van der Waals surface area contributed by atoms with E-state index >= 15 is 0 Å². The Balaban J connectivity index is 1.68. The minimum Gasteiger partial charge on any atom is -0.497 e. The van der Waals surface area contributed by atoms with E-state index in [4.69, 9.17) is 4.74 Å². The molecule has 0 atom stereocenters. The molecule has 134 valence electrons. The largest absolute Gasteiger partial charge is 0.497 e. The van der Waals surface area contributed by atoms with Gasteiger partial charge in [-0.2, -0.15) is 5.10 Å². The number of carbonyl (C=O) groups is 1. The fourth-order valence-electron chi connectivity index (χ4n) is 2.79. The van der Waals surface area contributed by atoms with Gasteiger partial charge in [0.1, 0.15) is 5.75 Å². The third kappa shape index (κ3) is 3.22. The number of amides is 1. The maximum atomic E-state index is 12.6. The highest BCUT2D eigenvalue weighted by atomic mass is 16.5. The predicted octanol–water partition coefficient (Wildman–Crippen LogP) is 3.36. The Labute approximate surface area is 155 Å². The van der Waals surface area contributed by atoms with Gasteiger partial charge in [-0.15, -0.1) is 10.2 Å². The van der Waals surface area contributed by atoms with Gasteiger partial charge in [-0.05, 0) is 43.3 Å². The van der Waals surface area contributed by atoms with Crippen LogP contribution in [0.1, 0.15) is 16.2 Å². The van der Waals surface area contributed by atoms with Crippen molar-refractivity contribution >= 4 is 17.2 Å². The lowest BCUT2D eigenvalue weighted by Gasteiger charge is -2.07. The molecule has 0 fully saturated rings. The molecule has 0 saturated heterocycles. The van der Waals surface area contributed by atoms with E-state index < -0.39 is 0 Å². The second kappa shape index (κ2) is 6.87. The van der Waals surface area contributed by atoms with Crippen LogP contribution in [0.25, 0.3) is 16.9 Å². The average molecular weight is 359 g/mol. The van der Waals surface area contributed by atoms with E-state index in [1.165, 1.54) is 0 Å². The number of rotatable bonds is 4. The van der Waals surface area contributed by atoms with Crippen molar-refractivity contribution in [3.8, 4) is 17.0 Å². The lowest BCUT2D eigenvalue weighted by Crippen LogP contribution is -2.18. The van der Waals surface area contributed by atoms with Crippen LogP contribution >= 0.6 is 0 Å². The quantitative estimate of drug-likeness (QED) is 0.604. The highest BCUT2D eigenvalue weighted by Gasteiger charge is 2.17. The Morgan fingerprint density at radius 2 is 1.78 bits per heavy atom. The zero-order valence-corrected chi connectivity index (χ0v) is 14.9. The number of hydrogen-bond acceptors (Lipinski definition) is 5. The van der Waals surface area contributed by atoms with Gasteiger partial charge >= 0.3 is 0 Å². The SMILES string of the molecule is COc1ccc(-c2cc3nnc(C(=O)Nc4ccccc4)c(C)n3n2)cc1. The molecule has 1 amide bonds. The van der Waals surface area contributed by atoms with Crippen molar-refractivity contribution in [3.05, 3.63) is 72.1 Å². The normalized spacial score (nSPS) is 10.7. The molecule has 0 aliphatic rings. The van der Waals surface area contributed by atoms with Gasteiger partial charge in [0.25, 0.3) is 5.91 Å². The van der Waals surface area contributed by atoms with Crippen LogP contribution < -0.4 is 10.1 Å². The maximum absolute atomic E-state index is 12.6. The summed E-state index contributed by atoms with van der Waals surface area (Å²) in [6, 6.07) is 18.6. The van der Waals surface area contributed by atoms with Crippen molar-refractivity contribution in [3.63, 3.8) is 0 Å². The number of ether oxygens (including phenoxy) is 1. The van der Waals surface area contributed by atoms with Crippen molar-refractivity contribution < 1.29 is 9.53 Å². The molecule has 4 rings (SSSR count). The monoisotopic (exact) mass is 359 g/mol. The number of anilines is 1. The molecule has 2 aromatic carbocycles. The van der Waals surface area contributed by atoms with E-state index in [1.807, 2.05) is 60.7 Å². The minimum absolute atomic E-state index is 0.232. The first-order valence-corrected chi connectivity index (χ1v) is 8.39. The highest BCUT2D eigenvalue weighted by molar-refractivity contribution is 6.03. The molecule has 4 aromatic rings. The fraction of sp³-hybridized carbons (Fsp3) is 0.100. The number of fused-ring (bicyclic) bond motifs is 1. The summed E-state index contributed by atoms with van der Waals surface area (Å²) in [6.45, 7) is 1.80. The molecular formula is C20H17N5O2. The van der Waals surface area contributed by atoms with Gasteiger partial charge in [-0.1, -0.05) is 18.2 Å². The van der Waals surface area contributed by atoms with E-state index in [-0.39, 0.29) is 11.6 Å². The summed E-state index contributed by atoms with van der Waals surface area (Å²) >= 11 is 0. The molecule has 7 heteroatoms. The molecule has 2 aromatic heterocycles. The molecule has 0 bridgehead atoms. The van der Waals surface area contributed by atoms with Gasteiger partial charge in [0.15, 0.2) is 11.3 Å². The molecule has 1 N–H and O–H groups in total. The van der Waals surface area contributed by atoms with Gasteiger partial charge in [0, 0.05) is 17.3 Å². The summed E-state index contributed by atoms with van der Waals surface area (Å²) in [7, 11) is 1.63. The van der Waals surface area contributed by atoms with Crippen LogP contribution in [0.2, 0.25) is 0 Å². The van der Waals surface area contributed by atoms with Gasteiger partial charge in [-0.25, -0.2) is 4.52 Å². The third-order valence-corrected chi connectivity index (χ3v) is 4.24. The molecule has 0 spiro atoms. The number of hydrogen-bond donors (Lipinski definition) is 1. The first-order valence-electron chi connectivity index (χ1n) is 8.39. The van der Waals surface area contributed by atoms with Gasteiger partial charge < -0.3 is 10.1 Å². The van der Waals surface area contributed by atoms with Crippen molar-refractivity contribution in [1.29, 1.82) is 0 Å². The third-order valence-electron chi connectivity index (χ3n) is 4.24. The van der Waals surface area contributed by atoms with Crippen LogP contribution in [0.15, 0.2) is 60.7 Å². The lowest BCUT2D eigenvalue weighted by molar-refractivity contribution is 0.102. The Kier molecular flexibility index (Phi) is 4.25. The summed E-state index contributed by atoms with van der Waals surface area (Å²) in [6.07, 6.45) is 0. The highest BCUT2D eigenvalue weighted by Crippen LogP contribution is 2.23. The average Bonchev–Trinajstić information content (AvgIpc) is 3.14. The Hall–Kier alpha value is -3.74. The minimum atomic E-state index is -0.324.